The van der Waals surface area contributed by atoms with Gasteiger partial charge >= 0.3 is 43.2 Å². The van der Waals surface area contributed by atoms with Crippen LogP contribution in [-0.4, -0.2) is 101 Å². The summed E-state index contributed by atoms with van der Waals surface area (Å²) >= 11 is 0. The minimum absolute atomic E-state index is 0. The van der Waals surface area contributed by atoms with E-state index in [9.17, 15) is 60.2 Å². The summed E-state index contributed by atoms with van der Waals surface area (Å²) in [7, 11) is 7.75. The number of aromatic nitrogens is 2. The molecule has 0 aliphatic carbocycles. The first-order chi connectivity index (χ1) is 45.5. The summed E-state index contributed by atoms with van der Waals surface area (Å²) in [4.78, 5) is 83.9. The van der Waals surface area contributed by atoms with Gasteiger partial charge in [0.1, 0.15) is 23.3 Å². The second-order valence-corrected chi connectivity index (χ2v) is 27.3. The van der Waals surface area contributed by atoms with Crippen molar-refractivity contribution in [2.45, 2.75) is 190 Å². The van der Waals surface area contributed by atoms with Gasteiger partial charge in [-0.3, -0.25) is 28.8 Å². The van der Waals surface area contributed by atoms with Gasteiger partial charge in [0.2, 0.25) is 0 Å². The van der Waals surface area contributed by atoms with Crippen molar-refractivity contribution in [3.8, 4) is 22.3 Å². The van der Waals surface area contributed by atoms with Crippen LogP contribution in [0.15, 0.2) is 70.5 Å². The van der Waals surface area contributed by atoms with Gasteiger partial charge in [0.05, 0.1) is 42.7 Å². The van der Waals surface area contributed by atoms with Crippen LogP contribution in [0.4, 0.5) is 43.9 Å². The molecule has 0 amide bonds. The molecule has 560 valence electrons. The van der Waals surface area contributed by atoms with E-state index in [4.69, 9.17) is 4.74 Å². The molecule has 0 aliphatic heterocycles. The first kappa shape index (κ1) is 93.5. The monoisotopic (exact) mass is 1470 g/mol. The Kier molecular flexibility index (Phi) is 36.8. The zero-order chi connectivity index (χ0) is 73.9. The molecule has 13 nitrogen and oxygen atoms in total. The summed E-state index contributed by atoms with van der Waals surface area (Å²) in [6.07, 6.45) is -7.44. The van der Waals surface area contributed by atoms with Crippen molar-refractivity contribution in [3.05, 3.63) is 183 Å². The topological polar surface area (TPSA) is 178 Å². The smallest absolute Gasteiger partial charge is 0.870 e. The third-order valence-electron chi connectivity index (χ3n) is 18.1. The standard InChI is InChI=1S/C39H49F5N2O4.C37H45F5N2O4.Li.H2O.2H2S/c1-10-50-34(49)19-28(18-32(47)31(16-22(2)3)46-21-27(12-11-15-45(8)9)25(6)17-33(46)48)36-37(40)29(20-30(38(36)41)39(42,43)44)35-24(5)14-13-23(4)26(35)7;1-20(2)14-29(44-19-25(10-9-13-43(7)8)23(5)15-31(44)46)30(45)16-26(17-32(47)48)34-35(38)27(18-28(36(34)39)37(40,41)42)33-22(4)12-11-21(3)24(33)6;;;;/h13-14,17,20-22,28,31H,10-12,15-16,18-19H2,1-9H3;11-12,15,18-20,26,29H,9-10,13-14,16-17H2,1-8H3,(H,47,48);;3*1H2/q;;+1;;;/p-1/t28-,31?;26-,29?;;;;/m00..../s1. The number of carbonyl (C=O) groups excluding carboxylic acids is 3. The molecule has 2 unspecified atom stereocenters. The van der Waals surface area contributed by atoms with Crippen molar-refractivity contribution in [2.24, 2.45) is 11.8 Å². The van der Waals surface area contributed by atoms with Gasteiger partial charge in [-0.1, -0.05) is 52.0 Å². The molecular weight excluding hydrogens is 1370 g/mol. The van der Waals surface area contributed by atoms with Crippen molar-refractivity contribution in [3.63, 3.8) is 0 Å². The Balaban J connectivity index is 0.000000982. The molecular formula is C76H99F10LiN4O9S2. The van der Waals surface area contributed by atoms with Crippen molar-refractivity contribution in [1.29, 1.82) is 0 Å². The maximum absolute atomic E-state index is 16.8. The Hall–Kier alpha value is -6.46. The van der Waals surface area contributed by atoms with Gasteiger partial charge in [-0.05, 0) is 233 Å². The molecule has 0 radical (unpaired) electrons. The van der Waals surface area contributed by atoms with E-state index in [1.54, 1.807) is 92.0 Å². The molecule has 26 heteroatoms. The van der Waals surface area contributed by atoms with Gasteiger partial charge in [0.15, 0.2) is 11.6 Å². The number of esters is 1. The van der Waals surface area contributed by atoms with E-state index in [0.717, 1.165) is 48.2 Å². The molecule has 0 saturated carbocycles. The SMILES string of the molecule is CCOC(=O)C[C@H](CC(=O)C(CC(C)C)n1cc(CCCN(C)C)c(C)cc1=O)c1c(F)c(-c2c(C)ccc(C)c2C)cc(C(F)(F)F)c1F.Cc1cc(=O)n(C(CC(C)C)C(=O)C[C@@H](CC(=O)O)c2c(F)c(-c3c(C)ccc(C)c3C)cc(C(F)(F)F)c2F)cc1CCCN(C)C.S.S.[Li+].[OH-]. The van der Waals surface area contributed by atoms with E-state index in [1.807, 2.05) is 65.7 Å². The molecule has 0 spiro atoms. The second-order valence-electron chi connectivity index (χ2n) is 27.3. The Morgan fingerprint density at radius 3 is 1.16 bits per heavy atom. The summed E-state index contributed by atoms with van der Waals surface area (Å²) in [6, 6.07) is 8.19. The van der Waals surface area contributed by atoms with Crippen molar-refractivity contribution in [2.75, 3.05) is 47.9 Å². The van der Waals surface area contributed by atoms with Crippen molar-refractivity contribution >= 4 is 50.5 Å². The first-order valence-corrected chi connectivity index (χ1v) is 33.0. The van der Waals surface area contributed by atoms with Crippen LogP contribution in [0.3, 0.4) is 0 Å². The number of nitrogens with zero attached hydrogens (tertiary/aromatic N) is 4. The number of hydrogen-bond acceptors (Lipinski definition) is 10. The number of pyridine rings is 2. The fraction of sp³-hybridized carbons (Fsp3) is 0.500. The summed E-state index contributed by atoms with van der Waals surface area (Å²) < 4.78 is 159. The van der Waals surface area contributed by atoms with Gasteiger partial charge in [0, 0.05) is 71.5 Å². The molecule has 2 heterocycles. The molecule has 4 aromatic carbocycles. The molecule has 6 rings (SSSR count). The van der Waals surface area contributed by atoms with E-state index >= 15 is 17.6 Å². The summed E-state index contributed by atoms with van der Waals surface area (Å²) in [6.45, 7) is 23.8. The molecule has 2 aromatic heterocycles. The average Bonchev–Trinajstić information content (AvgIpc) is 0.758. The van der Waals surface area contributed by atoms with Gasteiger partial charge in [-0.25, -0.2) is 17.6 Å². The Morgan fingerprint density at radius 1 is 0.520 bits per heavy atom. The number of carboxylic acid groups (broad SMARTS) is 1. The van der Waals surface area contributed by atoms with Crippen LogP contribution in [0.2, 0.25) is 0 Å². The summed E-state index contributed by atoms with van der Waals surface area (Å²) in [5.74, 6) is -14.0. The maximum atomic E-state index is 16.8. The average molecular weight is 1470 g/mol. The summed E-state index contributed by atoms with van der Waals surface area (Å²) in [5, 5.41) is 9.78. The molecule has 0 saturated heterocycles. The third kappa shape index (κ3) is 24.0. The Morgan fingerprint density at radius 2 is 0.853 bits per heavy atom. The third-order valence-corrected chi connectivity index (χ3v) is 18.1. The van der Waals surface area contributed by atoms with E-state index < -0.39 is 153 Å². The Bertz CT molecular complexity index is 4020. The maximum Gasteiger partial charge on any atom is 1.00 e. The minimum atomic E-state index is -5.25. The largest absolute Gasteiger partial charge is 1.00 e. The quantitative estimate of drug-likeness (QED) is 0.0268. The van der Waals surface area contributed by atoms with Gasteiger partial charge in [0.25, 0.3) is 11.1 Å². The number of rotatable bonds is 29. The predicted molar refractivity (Wildman–Crippen MR) is 385 cm³/mol. The molecule has 2 N–H and O–H groups in total. The van der Waals surface area contributed by atoms with E-state index in [1.165, 1.54) is 28.2 Å². The van der Waals surface area contributed by atoms with E-state index in [0.29, 0.717) is 58.4 Å². The number of alkyl halides is 6. The van der Waals surface area contributed by atoms with Crippen molar-refractivity contribution in [1.82, 2.24) is 18.9 Å². The van der Waals surface area contributed by atoms with Crippen LogP contribution in [0.5, 0.6) is 0 Å². The molecule has 0 fully saturated rings. The van der Waals surface area contributed by atoms with Crippen LogP contribution < -0.4 is 30.0 Å². The fourth-order valence-electron chi connectivity index (χ4n) is 12.7. The van der Waals surface area contributed by atoms with Crippen LogP contribution in [-0.2, 0) is 49.1 Å². The number of aliphatic carboxylic acids is 1. The number of carboxylic acids is 1. The number of Topliss-reactive ketones (excluding diaryl/α,β-unsaturated/α-hetero) is 2. The number of aryl methyl sites for hydroxylation is 8. The van der Waals surface area contributed by atoms with Crippen LogP contribution in [0.1, 0.15) is 188 Å². The minimum Gasteiger partial charge on any atom is -0.870 e. The van der Waals surface area contributed by atoms with Crippen LogP contribution in [0.25, 0.3) is 22.3 Å². The van der Waals surface area contributed by atoms with Crippen LogP contribution >= 0.6 is 27.0 Å². The number of carbonyl (C=O) groups is 4. The zero-order valence-electron chi connectivity index (χ0n) is 61.8. The molecule has 6 aromatic rings. The first-order valence-electron chi connectivity index (χ1n) is 33.0. The van der Waals surface area contributed by atoms with E-state index in [2.05, 4.69) is 0 Å². The normalized spacial score (nSPS) is 12.7. The zero-order valence-corrected chi connectivity index (χ0v) is 63.8. The number of halogens is 10. The van der Waals surface area contributed by atoms with E-state index in [-0.39, 0.29) is 93.7 Å². The molecule has 0 bridgehead atoms. The number of ether oxygens (including phenoxy) is 1. The second kappa shape index (κ2) is 40.1. The number of ketones is 2. The predicted octanol–water partition coefficient (Wildman–Crippen LogP) is 14.2. The molecule has 4 atom stereocenters. The fourth-order valence-corrected chi connectivity index (χ4v) is 12.7. The number of benzene rings is 4. The summed E-state index contributed by atoms with van der Waals surface area (Å²) in [5.41, 5.74) is -0.863. The van der Waals surface area contributed by atoms with Crippen LogP contribution in [0, 0.1) is 90.5 Å². The van der Waals surface area contributed by atoms with Gasteiger partial charge in [-0.2, -0.15) is 53.3 Å². The van der Waals surface area contributed by atoms with Gasteiger partial charge < -0.3 is 34.3 Å². The van der Waals surface area contributed by atoms with Crippen molar-refractivity contribution < 1.29 is 97.3 Å². The molecule has 102 heavy (non-hydrogen) atoms. The number of hydrogen-bond donors (Lipinski definition) is 1. The van der Waals surface area contributed by atoms with Gasteiger partial charge in [-0.15, -0.1) is 0 Å². The Labute approximate surface area is 618 Å². The molecule has 0 aliphatic rings.